The quantitative estimate of drug-likeness (QED) is 0.635. The molecule has 2 rings (SSSR count). The highest BCUT2D eigenvalue weighted by Crippen LogP contribution is 2.23. The van der Waals surface area contributed by atoms with Gasteiger partial charge in [0.25, 0.3) is 0 Å². The third-order valence-electron chi connectivity index (χ3n) is 2.54. The average Bonchev–Trinajstić information content (AvgIpc) is 2.84. The van der Waals surface area contributed by atoms with E-state index in [-0.39, 0.29) is 25.6 Å². The lowest BCUT2D eigenvalue weighted by atomic mass is 10.3. The molecule has 0 atom stereocenters. The second-order valence-electron chi connectivity index (χ2n) is 3.99. The number of hydrogen-bond acceptors (Lipinski definition) is 5. The summed E-state index contributed by atoms with van der Waals surface area (Å²) < 4.78 is 11.6. The molecule has 0 saturated carbocycles. The van der Waals surface area contributed by atoms with Crippen LogP contribution in [0.25, 0.3) is 0 Å². The molecular weight excluding hydrogens is 342 g/mol. The molecule has 4 nitrogen and oxygen atoms in total. The van der Waals surface area contributed by atoms with E-state index in [1.807, 2.05) is 23.6 Å². The lowest BCUT2D eigenvalue weighted by Gasteiger charge is -2.08. The van der Waals surface area contributed by atoms with Crippen molar-refractivity contribution in [2.24, 2.45) is 0 Å². The highest BCUT2D eigenvalue weighted by atomic mass is 79.9. The zero-order valence-corrected chi connectivity index (χ0v) is 13.1. The first-order valence-corrected chi connectivity index (χ1v) is 7.69. The van der Waals surface area contributed by atoms with Crippen LogP contribution >= 0.6 is 27.3 Å². The Labute approximate surface area is 129 Å². The topological polar surface area (TPSA) is 61.5 Å². The summed E-state index contributed by atoms with van der Waals surface area (Å²) >= 11 is 4.93. The Kier molecular flexibility index (Phi) is 5.43. The summed E-state index contributed by atoms with van der Waals surface area (Å²) in [7, 11) is 0. The molecule has 0 bridgehead atoms. The molecule has 0 unspecified atom stereocenters. The molecule has 0 aliphatic rings. The standard InChI is InChI=1S/C14H14BrNO3S/c15-10-6-8-20-13(10)9-19-14(17)5-7-18-12-4-2-1-3-11(12)16/h1-4,6,8H,5,7,9,16H2. The van der Waals surface area contributed by atoms with Gasteiger partial charge in [-0.25, -0.2) is 0 Å². The number of carbonyl (C=O) groups excluding carboxylic acids is 1. The Balaban J connectivity index is 1.71. The first kappa shape index (κ1) is 14.9. The Morgan fingerprint density at radius 1 is 1.30 bits per heavy atom. The molecule has 2 N–H and O–H groups in total. The highest BCUT2D eigenvalue weighted by molar-refractivity contribution is 9.10. The molecule has 106 valence electrons. The minimum absolute atomic E-state index is 0.192. The van der Waals surface area contributed by atoms with Crippen LogP contribution < -0.4 is 10.5 Å². The van der Waals surface area contributed by atoms with E-state index < -0.39 is 0 Å². The van der Waals surface area contributed by atoms with E-state index in [9.17, 15) is 4.79 Å². The lowest BCUT2D eigenvalue weighted by Crippen LogP contribution is -2.10. The molecule has 2 aromatic rings. The van der Waals surface area contributed by atoms with E-state index in [2.05, 4.69) is 15.9 Å². The van der Waals surface area contributed by atoms with Crippen LogP contribution in [0.2, 0.25) is 0 Å². The molecule has 0 radical (unpaired) electrons. The Morgan fingerprint density at radius 2 is 2.10 bits per heavy atom. The van der Waals surface area contributed by atoms with Gasteiger partial charge in [-0.2, -0.15) is 0 Å². The minimum atomic E-state index is -0.292. The molecule has 20 heavy (non-hydrogen) atoms. The van der Waals surface area contributed by atoms with Gasteiger partial charge in [0, 0.05) is 4.47 Å². The fourth-order valence-corrected chi connectivity index (χ4v) is 2.88. The van der Waals surface area contributed by atoms with Crippen molar-refractivity contribution >= 4 is 38.9 Å². The van der Waals surface area contributed by atoms with Gasteiger partial charge >= 0.3 is 5.97 Å². The highest BCUT2D eigenvalue weighted by Gasteiger charge is 2.07. The average molecular weight is 356 g/mol. The summed E-state index contributed by atoms with van der Waals surface area (Å²) in [5.74, 6) is 0.293. The number of thiophene rings is 1. The molecule has 0 aliphatic carbocycles. The molecule has 6 heteroatoms. The normalized spacial score (nSPS) is 10.2. The summed E-state index contributed by atoms with van der Waals surface area (Å²) in [5.41, 5.74) is 6.29. The maximum absolute atomic E-state index is 11.6. The molecule has 1 heterocycles. The van der Waals surface area contributed by atoms with Crippen molar-refractivity contribution < 1.29 is 14.3 Å². The summed E-state index contributed by atoms with van der Waals surface area (Å²) in [6, 6.07) is 9.11. The second-order valence-corrected chi connectivity index (χ2v) is 5.84. The first-order chi connectivity index (χ1) is 9.66. The number of ether oxygens (including phenoxy) is 2. The Morgan fingerprint density at radius 3 is 2.80 bits per heavy atom. The summed E-state index contributed by atoms with van der Waals surface area (Å²) in [6.45, 7) is 0.531. The number of benzene rings is 1. The van der Waals surface area contributed by atoms with Crippen LogP contribution in [-0.2, 0) is 16.1 Å². The van der Waals surface area contributed by atoms with E-state index in [0.717, 1.165) is 9.35 Å². The summed E-state index contributed by atoms with van der Waals surface area (Å²) in [6.07, 6.45) is 0.192. The zero-order valence-electron chi connectivity index (χ0n) is 10.7. The van der Waals surface area contributed by atoms with Gasteiger partial charge in [0.1, 0.15) is 12.4 Å². The van der Waals surface area contributed by atoms with E-state index in [1.165, 1.54) is 0 Å². The van der Waals surface area contributed by atoms with Crippen molar-refractivity contribution in [2.75, 3.05) is 12.3 Å². The lowest BCUT2D eigenvalue weighted by molar-refractivity contribution is -0.145. The van der Waals surface area contributed by atoms with Gasteiger partial charge in [0.05, 0.1) is 23.6 Å². The molecule has 0 spiro atoms. The van der Waals surface area contributed by atoms with Crippen LogP contribution in [0.4, 0.5) is 5.69 Å². The fourth-order valence-electron chi connectivity index (χ4n) is 1.50. The van der Waals surface area contributed by atoms with E-state index in [4.69, 9.17) is 15.2 Å². The number of rotatable bonds is 6. The molecule has 0 fully saturated rings. The summed E-state index contributed by atoms with van der Waals surface area (Å²) in [5, 5.41) is 1.94. The molecular formula is C14H14BrNO3S. The van der Waals surface area contributed by atoms with Crippen molar-refractivity contribution in [3.63, 3.8) is 0 Å². The third kappa shape index (κ3) is 4.25. The summed E-state index contributed by atoms with van der Waals surface area (Å²) in [4.78, 5) is 12.6. The number of hydrogen-bond donors (Lipinski definition) is 1. The van der Waals surface area contributed by atoms with Gasteiger partial charge in [0.15, 0.2) is 0 Å². The van der Waals surface area contributed by atoms with E-state index in [0.29, 0.717) is 11.4 Å². The maximum Gasteiger partial charge on any atom is 0.309 e. The van der Waals surface area contributed by atoms with E-state index in [1.54, 1.807) is 23.5 Å². The van der Waals surface area contributed by atoms with Gasteiger partial charge in [-0.3, -0.25) is 4.79 Å². The van der Waals surface area contributed by atoms with Crippen molar-refractivity contribution in [1.29, 1.82) is 0 Å². The molecule has 1 aromatic heterocycles. The van der Waals surface area contributed by atoms with Gasteiger partial charge in [-0.15, -0.1) is 11.3 Å². The van der Waals surface area contributed by atoms with Crippen molar-refractivity contribution in [2.45, 2.75) is 13.0 Å². The Bertz CT molecular complexity index is 585. The fraction of sp³-hybridized carbons (Fsp3) is 0.214. The predicted molar refractivity (Wildman–Crippen MR) is 82.8 cm³/mol. The van der Waals surface area contributed by atoms with Crippen LogP contribution in [0.15, 0.2) is 40.2 Å². The SMILES string of the molecule is Nc1ccccc1OCCC(=O)OCc1sccc1Br. The van der Waals surface area contributed by atoms with Crippen molar-refractivity contribution in [1.82, 2.24) is 0 Å². The number of nitrogens with two attached hydrogens (primary N) is 1. The third-order valence-corrected chi connectivity index (χ3v) is 4.44. The largest absolute Gasteiger partial charge is 0.491 e. The number of esters is 1. The van der Waals surface area contributed by atoms with Gasteiger partial charge in [-0.05, 0) is 39.5 Å². The number of carbonyl (C=O) groups is 1. The van der Waals surface area contributed by atoms with Crippen molar-refractivity contribution in [3.8, 4) is 5.75 Å². The number of para-hydroxylation sites is 2. The molecule has 0 saturated heterocycles. The minimum Gasteiger partial charge on any atom is -0.491 e. The number of anilines is 1. The van der Waals surface area contributed by atoms with Crippen LogP contribution in [0, 0.1) is 0 Å². The van der Waals surface area contributed by atoms with Gasteiger partial charge < -0.3 is 15.2 Å². The van der Waals surface area contributed by atoms with Crippen molar-refractivity contribution in [3.05, 3.63) is 45.1 Å². The second kappa shape index (κ2) is 7.31. The van der Waals surface area contributed by atoms with Crippen LogP contribution in [0.3, 0.4) is 0 Å². The van der Waals surface area contributed by atoms with Gasteiger partial charge in [0.2, 0.25) is 0 Å². The monoisotopic (exact) mass is 355 g/mol. The maximum atomic E-state index is 11.6. The van der Waals surface area contributed by atoms with Crippen LogP contribution in [-0.4, -0.2) is 12.6 Å². The predicted octanol–water partition coefficient (Wildman–Crippen LogP) is 3.61. The van der Waals surface area contributed by atoms with E-state index >= 15 is 0 Å². The van der Waals surface area contributed by atoms with Crippen LogP contribution in [0.5, 0.6) is 5.75 Å². The van der Waals surface area contributed by atoms with Crippen LogP contribution in [0.1, 0.15) is 11.3 Å². The van der Waals surface area contributed by atoms with Gasteiger partial charge in [-0.1, -0.05) is 12.1 Å². The number of halogens is 1. The smallest absolute Gasteiger partial charge is 0.309 e. The molecule has 1 aromatic carbocycles. The zero-order chi connectivity index (χ0) is 14.4. The Hall–Kier alpha value is -1.53. The number of nitrogen functional groups attached to an aromatic ring is 1. The molecule has 0 aliphatic heterocycles. The first-order valence-electron chi connectivity index (χ1n) is 6.01. The molecule has 0 amide bonds.